The molecule has 0 bridgehead atoms. The SMILES string of the molecule is Cc1cc(N[PH](C2CCCC2)(C2CCCC2)C2CCCC2)c(N[PH](C2CCCC2)(C2CCCC2)C2CCCC2)cc1C. The van der Waals surface area contributed by atoms with Crippen LogP contribution in [0.4, 0.5) is 11.4 Å². The van der Waals surface area contributed by atoms with Crippen LogP contribution < -0.4 is 10.2 Å². The van der Waals surface area contributed by atoms with Gasteiger partial charge in [0.15, 0.2) is 0 Å². The average molecular weight is 613 g/mol. The quantitative estimate of drug-likeness (QED) is 0.257. The molecular weight excluding hydrogens is 546 g/mol. The molecule has 42 heavy (non-hydrogen) atoms. The molecule has 0 atom stereocenters. The van der Waals surface area contributed by atoms with E-state index in [1.54, 1.807) is 11.4 Å². The third-order valence-electron chi connectivity index (χ3n) is 14.5. The summed E-state index contributed by atoms with van der Waals surface area (Å²) >= 11 is 0. The molecule has 6 aliphatic rings. The fourth-order valence-corrected chi connectivity index (χ4v) is 27.3. The van der Waals surface area contributed by atoms with Gasteiger partial charge in [-0.05, 0) is 0 Å². The van der Waals surface area contributed by atoms with Crippen molar-refractivity contribution < 1.29 is 0 Å². The van der Waals surface area contributed by atoms with Gasteiger partial charge in [-0.3, -0.25) is 0 Å². The summed E-state index contributed by atoms with van der Waals surface area (Å²) in [5.74, 6) is 0. The van der Waals surface area contributed by atoms with E-state index < -0.39 is 14.8 Å². The van der Waals surface area contributed by atoms with Crippen LogP contribution in [-0.4, -0.2) is 34.0 Å². The standard InChI is InChI=1S/C38H66N2P2/c1-29-27-37(39-41(31-15-3-4-16-31,32-17-5-6-18-32)33-19-7-8-20-33)38(28-30(29)2)40-42(34-21-9-10-22-34,35-23-11-12-24-35)36-25-13-14-26-36/h27-28,31-36,39-42H,3-26H2,1-2H3. The van der Waals surface area contributed by atoms with Crippen molar-refractivity contribution in [3.63, 3.8) is 0 Å². The molecule has 0 spiro atoms. The van der Waals surface area contributed by atoms with Crippen molar-refractivity contribution in [1.82, 2.24) is 0 Å². The molecule has 6 aliphatic carbocycles. The van der Waals surface area contributed by atoms with E-state index >= 15 is 0 Å². The van der Waals surface area contributed by atoms with Crippen LogP contribution in [0.1, 0.15) is 165 Å². The van der Waals surface area contributed by atoms with E-state index in [9.17, 15) is 0 Å². The number of rotatable bonds is 10. The molecule has 1 aromatic rings. The number of hydrogen-bond acceptors (Lipinski definition) is 2. The molecule has 0 radical (unpaired) electrons. The Kier molecular flexibility index (Phi) is 9.53. The Morgan fingerprint density at radius 1 is 0.381 bits per heavy atom. The topological polar surface area (TPSA) is 24.1 Å². The van der Waals surface area contributed by atoms with Crippen LogP contribution in [0.5, 0.6) is 0 Å². The van der Waals surface area contributed by atoms with Crippen LogP contribution in [0.3, 0.4) is 0 Å². The van der Waals surface area contributed by atoms with Crippen molar-refractivity contribution in [2.75, 3.05) is 10.2 Å². The monoisotopic (exact) mass is 612 g/mol. The zero-order chi connectivity index (χ0) is 28.6. The number of aryl methyl sites for hydroxylation is 2. The van der Waals surface area contributed by atoms with Crippen LogP contribution in [0.15, 0.2) is 12.1 Å². The van der Waals surface area contributed by atoms with Crippen LogP contribution in [0.2, 0.25) is 0 Å². The fraction of sp³-hybridized carbons (Fsp3) is 0.842. The molecule has 6 saturated carbocycles. The van der Waals surface area contributed by atoms with Crippen LogP contribution in [0.25, 0.3) is 0 Å². The molecule has 0 saturated heterocycles. The van der Waals surface area contributed by atoms with Crippen molar-refractivity contribution in [3.8, 4) is 0 Å². The van der Waals surface area contributed by atoms with Crippen molar-refractivity contribution >= 4 is 26.2 Å². The maximum absolute atomic E-state index is 4.85. The molecule has 2 nitrogen and oxygen atoms in total. The van der Waals surface area contributed by atoms with Crippen molar-refractivity contribution in [1.29, 1.82) is 0 Å². The second-order valence-electron chi connectivity index (χ2n) is 16.5. The van der Waals surface area contributed by atoms with Crippen molar-refractivity contribution in [2.24, 2.45) is 0 Å². The Bertz CT molecular complexity index is 869. The number of hydrogen-bond donors (Lipinski definition) is 2. The molecule has 0 heterocycles. The summed E-state index contributed by atoms with van der Waals surface area (Å²) < 4.78 is 0. The van der Waals surface area contributed by atoms with Gasteiger partial charge in [0.1, 0.15) is 0 Å². The minimum absolute atomic E-state index is 1.01. The zero-order valence-electron chi connectivity index (χ0n) is 27.6. The van der Waals surface area contributed by atoms with Gasteiger partial charge in [0.05, 0.1) is 0 Å². The maximum atomic E-state index is 4.85. The Labute approximate surface area is 260 Å². The summed E-state index contributed by atoms with van der Waals surface area (Å²) in [6.07, 6.45) is 36.4. The molecule has 238 valence electrons. The average Bonchev–Trinajstić information content (AvgIpc) is 3.86. The summed E-state index contributed by atoms with van der Waals surface area (Å²) in [6, 6.07) is 5.35. The van der Waals surface area contributed by atoms with Gasteiger partial charge in [0.2, 0.25) is 0 Å². The van der Waals surface area contributed by atoms with Crippen molar-refractivity contribution in [2.45, 2.75) is 202 Å². The van der Waals surface area contributed by atoms with E-state index in [1.165, 1.54) is 165 Å². The van der Waals surface area contributed by atoms with Gasteiger partial charge in [-0.1, -0.05) is 0 Å². The van der Waals surface area contributed by atoms with Gasteiger partial charge in [0, 0.05) is 0 Å². The number of anilines is 2. The van der Waals surface area contributed by atoms with Crippen LogP contribution >= 0.6 is 14.8 Å². The van der Waals surface area contributed by atoms with Gasteiger partial charge in [-0.2, -0.15) is 0 Å². The first kappa shape index (κ1) is 30.3. The summed E-state index contributed by atoms with van der Waals surface area (Å²) in [4.78, 5) is 0. The summed E-state index contributed by atoms with van der Waals surface area (Å²) in [7, 11) is -3.51. The Hall–Kier alpha value is -0.320. The van der Waals surface area contributed by atoms with E-state index in [0.717, 1.165) is 34.0 Å². The molecule has 0 unspecified atom stereocenters. The predicted octanol–water partition coefficient (Wildman–Crippen LogP) is 12.1. The second kappa shape index (κ2) is 13.2. The summed E-state index contributed by atoms with van der Waals surface area (Å²) in [6.45, 7) is 4.81. The van der Waals surface area contributed by atoms with Gasteiger partial charge < -0.3 is 0 Å². The molecule has 1 aromatic carbocycles. The fourth-order valence-electron chi connectivity index (χ4n) is 12.5. The minimum atomic E-state index is -1.75. The third kappa shape index (κ3) is 5.52. The zero-order valence-corrected chi connectivity index (χ0v) is 29.6. The molecule has 2 N–H and O–H groups in total. The first-order valence-corrected chi connectivity index (χ1v) is 23.7. The molecule has 6 fully saturated rings. The number of nitrogens with one attached hydrogen (secondary N) is 2. The predicted molar refractivity (Wildman–Crippen MR) is 193 cm³/mol. The Morgan fingerprint density at radius 2 is 0.571 bits per heavy atom. The summed E-state index contributed by atoms with van der Waals surface area (Å²) in [5, 5.41) is 9.70. The first-order chi connectivity index (χ1) is 20.6. The van der Waals surface area contributed by atoms with Crippen LogP contribution in [-0.2, 0) is 0 Å². The molecular formula is C38H66N2P2. The van der Waals surface area contributed by atoms with Gasteiger partial charge in [-0.15, -0.1) is 0 Å². The summed E-state index contributed by atoms with van der Waals surface area (Å²) in [5.41, 5.74) is 12.3. The molecule has 0 aromatic heterocycles. The first-order valence-electron chi connectivity index (χ1n) is 19.3. The Balaban J connectivity index is 1.33. The van der Waals surface area contributed by atoms with Crippen molar-refractivity contribution in [3.05, 3.63) is 23.3 Å². The van der Waals surface area contributed by atoms with Gasteiger partial charge in [-0.25, -0.2) is 0 Å². The molecule has 0 aliphatic heterocycles. The van der Waals surface area contributed by atoms with E-state index in [0.29, 0.717) is 0 Å². The molecule has 7 rings (SSSR count). The molecule has 4 heteroatoms. The van der Waals surface area contributed by atoms with E-state index in [-0.39, 0.29) is 0 Å². The van der Waals surface area contributed by atoms with E-state index in [4.69, 9.17) is 10.2 Å². The second-order valence-corrected chi connectivity index (χ2v) is 25.6. The normalized spacial score (nSPS) is 27.1. The Morgan fingerprint density at radius 3 is 0.762 bits per heavy atom. The third-order valence-corrected chi connectivity index (χ3v) is 27.5. The van der Waals surface area contributed by atoms with Gasteiger partial charge in [0.25, 0.3) is 0 Å². The van der Waals surface area contributed by atoms with E-state index in [1.807, 2.05) is 0 Å². The van der Waals surface area contributed by atoms with Crippen LogP contribution in [0, 0.1) is 13.8 Å². The molecule has 0 amide bonds. The number of benzene rings is 1. The van der Waals surface area contributed by atoms with E-state index in [2.05, 4.69) is 26.0 Å². The van der Waals surface area contributed by atoms with Gasteiger partial charge >= 0.3 is 262 Å².